The molecule has 1 aliphatic rings. The number of pyridine rings is 1. The average molecular weight is 648 g/mol. The van der Waals surface area contributed by atoms with Gasteiger partial charge in [0.15, 0.2) is 5.65 Å². The molecule has 1 atom stereocenters. The Morgan fingerprint density at radius 1 is 0.957 bits per heavy atom. The highest BCUT2D eigenvalue weighted by molar-refractivity contribution is 7.86. The fraction of sp³-hybridized carbons (Fsp3) is 0.147. The normalized spacial score (nSPS) is 15.1. The van der Waals surface area contributed by atoms with Gasteiger partial charge in [0.05, 0.1) is 17.0 Å². The minimum absolute atomic E-state index is 0.0620. The standard InChI is InChI=1S/C34H29N7O5S/c1-21-4-8-28(9-5-21)47(43,44)45-18-24-17-40(34(42)23(24)3)26-7-10-30-29(15-26)33(37-19-35-30)39-25-6-11-31(22(2)14-25)46-27-12-13-41-32(16-27)36-20-38-41/h4-16,19-20,24H,3,17-18H2,1-2H3,(H,35,37,39). The molecule has 1 fully saturated rings. The van der Waals surface area contributed by atoms with E-state index in [1.54, 1.807) is 33.8 Å². The maximum absolute atomic E-state index is 13.3. The first kappa shape index (κ1) is 30.0. The highest BCUT2D eigenvalue weighted by Gasteiger charge is 2.36. The van der Waals surface area contributed by atoms with Crippen molar-refractivity contribution in [3.63, 3.8) is 0 Å². The number of aryl methyl sites for hydroxylation is 2. The number of ether oxygens (including phenoxy) is 1. The number of hydrogen-bond acceptors (Lipinski definition) is 10. The predicted molar refractivity (Wildman–Crippen MR) is 176 cm³/mol. The van der Waals surface area contributed by atoms with Crippen molar-refractivity contribution in [2.24, 2.45) is 5.92 Å². The lowest BCUT2D eigenvalue weighted by Crippen LogP contribution is -2.25. The van der Waals surface area contributed by atoms with Crippen LogP contribution in [0.3, 0.4) is 0 Å². The van der Waals surface area contributed by atoms with Gasteiger partial charge >= 0.3 is 0 Å². The Morgan fingerprint density at radius 3 is 2.60 bits per heavy atom. The number of hydrogen-bond donors (Lipinski definition) is 1. The van der Waals surface area contributed by atoms with Crippen molar-refractivity contribution in [2.75, 3.05) is 23.4 Å². The number of carbonyl (C=O) groups is 1. The molecule has 236 valence electrons. The number of anilines is 3. The second-order valence-corrected chi connectivity index (χ2v) is 12.9. The van der Waals surface area contributed by atoms with Crippen molar-refractivity contribution in [3.8, 4) is 11.5 Å². The molecule has 4 heterocycles. The second-order valence-electron chi connectivity index (χ2n) is 11.2. The molecule has 0 radical (unpaired) electrons. The summed E-state index contributed by atoms with van der Waals surface area (Å²) in [6.07, 6.45) is 4.74. The first-order chi connectivity index (χ1) is 22.6. The minimum atomic E-state index is -3.99. The van der Waals surface area contributed by atoms with Gasteiger partial charge in [-0.2, -0.15) is 13.5 Å². The van der Waals surface area contributed by atoms with Gasteiger partial charge in [0.25, 0.3) is 16.0 Å². The first-order valence-corrected chi connectivity index (χ1v) is 16.1. The number of aromatic nitrogens is 5. The lowest BCUT2D eigenvalue weighted by Gasteiger charge is -2.18. The van der Waals surface area contributed by atoms with Gasteiger partial charge in [-0.15, -0.1) is 0 Å². The molecule has 7 rings (SSSR count). The first-order valence-electron chi connectivity index (χ1n) is 14.7. The van der Waals surface area contributed by atoms with Gasteiger partial charge in [-0.1, -0.05) is 24.3 Å². The molecule has 0 bridgehead atoms. The van der Waals surface area contributed by atoms with Crippen molar-refractivity contribution in [1.29, 1.82) is 0 Å². The van der Waals surface area contributed by atoms with Crippen molar-refractivity contribution in [1.82, 2.24) is 24.6 Å². The van der Waals surface area contributed by atoms with Gasteiger partial charge < -0.3 is 15.0 Å². The molecule has 3 aromatic carbocycles. The lowest BCUT2D eigenvalue weighted by atomic mass is 10.1. The number of amides is 1. The smallest absolute Gasteiger partial charge is 0.296 e. The fourth-order valence-electron chi connectivity index (χ4n) is 5.36. The van der Waals surface area contributed by atoms with E-state index in [9.17, 15) is 13.2 Å². The largest absolute Gasteiger partial charge is 0.457 e. The molecule has 0 spiro atoms. The SMILES string of the molecule is C=C1C(=O)N(c2ccc3ncnc(Nc4ccc(Oc5ccn6ncnc6c5)c(C)c4)c3c2)CC1COS(=O)(=O)c1ccc(C)cc1. The lowest BCUT2D eigenvalue weighted by molar-refractivity contribution is -0.114. The van der Waals surface area contributed by atoms with E-state index in [0.717, 1.165) is 16.8 Å². The third-order valence-electron chi connectivity index (χ3n) is 8.00. The molecular formula is C34H29N7O5S. The zero-order valence-corrected chi connectivity index (χ0v) is 26.3. The van der Waals surface area contributed by atoms with Crippen LogP contribution in [0.5, 0.6) is 11.5 Å². The third kappa shape index (κ3) is 6.01. The fourth-order valence-corrected chi connectivity index (χ4v) is 6.31. The van der Waals surface area contributed by atoms with Gasteiger partial charge in [0, 0.05) is 47.1 Å². The Balaban J connectivity index is 1.08. The summed E-state index contributed by atoms with van der Waals surface area (Å²) in [4.78, 5) is 28.0. The Kier molecular flexibility index (Phi) is 7.62. The summed E-state index contributed by atoms with van der Waals surface area (Å²) in [6, 6.07) is 21.2. The molecule has 1 saturated heterocycles. The number of rotatable bonds is 9. The Hall–Kier alpha value is -5.66. The van der Waals surface area contributed by atoms with Crippen LogP contribution in [-0.2, 0) is 19.1 Å². The highest BCUT2D eigenvalue weighted by atomic mass is 32.2. The Morgan fingerprint density at radius 2 is 1.79 bits per heavy atom. The van der Waals surface area contributed by atoms with Crippen LogP contribution in [0.4, 0.5) is 17.2 Å². The summed E-state index contributed by atoms with van der Waals surface area (Å²) < 4.78 is 38.6. The molecule has 12 nitrogen and oxygen atoms in total. The van der Waals surface area contributed by atoms with E-state index in [0.29, 0.717) is 39.6 Å². The van der Waals surface area contributed by atoms with E-state index in [-0.39, 0.29) is 29.5 Å². The van der Waals surface area contributed by atoms with Crippen molar-refractivity contribution in [2.45, 2.75) is 18.7 Å². The second kappa shape index (κ2) is 11.9. The molecule has 13 heteroatoms. The van der Waals surface area contributed by atoms with E-state index in [2.05, 4.69) is 31.9 Å². The Bertz CT molecular complexity index is 2290. The van der Waals surface area contributed by atoms with Crippen LogP contribution in [-0.4, -0.2) is 52.0 Å². The Labute approximate surface area is 270 Å². The molecule has 0 saturated carbocycles. The van der Waals surface area contributed by atoms with Gasteiger partial charge in [-0.3, -0.25) is 8.98 Å². The van der Waals surface area contributed by atoms with Crippen LogP contribution >= 0.6 is 0 Å². The molecule has 0 aliphatic carbocycles. The van der Waals surface area contributed by atoms with Crippen LogP contribution < -0.4 is 15.0 Å². The molecule has 1 amide bonds. The number of carbonyl (C=O) groups excluding carboxylic acids is 1. The number of fused-ring (bicyclic) bond motifs is 2. The van der Waals surface area contributed by atoms with E-state index in [4.69, 9.17) is 8.92 Å². The predicted octanol–water partition coefficient (Wildman–Crippen LogP) is 5.75. The van der Waals surface area contributed by atoms with Crippen LogP contribution in [0.25, 0.3) is 16.6 Å². The zero-order valence-electron chi connectivity index (χ0n) is 25.5. The molecule has 47 heavy (non-hydrogen) atoms. The van der Waals surface area contributed by atoms with Crippen LogP contribution in [0, 0.1) is 19.8 Å². The maximum Gasteiger partial charge on any atom is 0.296 e. The van der Waals surface area contributed by atoms with Crippen molar-refractivity contribution >= 4 is 49.8 Å². The van der Waals surface area contributed by atoms with Crippen molar-refractivity contribution in [3.05, 3.63) is 115 Å². The highest BCUT2D eigenvalue weighted by Crippen LogP contribution is 2.34. The van der Waals surface area contributed by atoms with Gasteiger partial charge in [-0.05, 0) is 74.0 Å². The number of nitrogens with zero attached hydrogens (tertiary/aromatic N) is 6. The number of benzene rings is 3. The summed E-state index contributed by atoms with van der Waals surface area (Å²) in [5, 5.41) is 8.17. The molecule has 3 aromatic heterocycles. The molecular weight excluding hydrogens is 618 g/mol. The number of nitrogens with one attached hydrogen (secondary N) is 1. The van der Waals surface area contributed by atoms with Crippen LogP contribution in [0.2, 0.25) is 0 Å². The van der Waals surface area contributed by atoms with Gasteiger partial charge in [-0.25, -0.2) is 19.5 Å². The topological polar surface area (TPSA) is 141 Å². The summed E-state index contributed by atoms with van der Waals surface area (Å²) in [7, 11) is -3.99. The van der Waals surface area contributed by atoms with Gasteiger partial charge in [0.2, 0.25) is 0 Å². The van der Waals surface area contributed by atoms with E-state index >= 15 is 0 Å². The van der Waals surface area contributed by atoms with Gasteiger partial charge in [0.1, 0.15) is 30.0 Å². The molecule has 1 N–H and O–H groups in total. The average Bonchev–Trinajstić information content (AvgIpc) is 3.65. The quantitative estimate of drug-likeness (QED) is 0.152. The maximum atomic E-state index is 13.3. The summed E-state index contributed by atoms with van der Waals surface area (Å²) in [6.45, 7) is 7.78. The van der Waals surface area contributed by atoms with Crippen LogP contribution in [0.1, 0.15) is 11.1 Å². The molecule has 6 aromatic rings. The van der Waals surface area contributed by atoms with E-state index in [1.165, 1.54) is 24.8 Å². The molecule has 1 aliphatic heterocycles. The van der Waals surface area contributed by atoms with E-state index in [1.807, 2.05) is 56.3 Å². The van der Waals surface area contributed by atoms with Crippen LogP contribution in [0.15, 0.2) is 109 Å². The molecule has 1 unspecified atom stereocenters. The zero-order chi connectivity index (χ0) is 32.7. The summed E-state index contributed by atoms with van der Waals surface area (Å²) in [5.74, 6) is 1.07. The summed E-state index contributed by atoms with van der Waals surface area (Å²) in [5.41, 5.74) is 4.87. The van der Waals surface area contributed by atoms with E-state index < -0.39 is 16.0 Å². The monoisotopic (exact) mass is 647 g/mol. The third-order valence-corrected chi connectivity index (χ3v) is 9.29. The van der Waals surface area contributed by atoms with Crippen molar-refractivity contribution < 1.29 is 22.1 Å². The minimum Gasteiger partial charge on any atom is -0.457 e. The summed E-state index contributed by atoms with van der Waals surface area (Å²) >= 11 is 0.